The molecule has 0 spiro atoms. The molecule has 0 fully saturated rings. The highest BCUT2D eigenvalue weighted by Crippen LogP contribution is 2.38. The van der Waals surface area contributed by atoms with E-state index in [2.05, 4.69) is 16.7 Å². The summed E-state index contributed by atoms with van der Waals surface area (Å²) in [7, 11) is 0. The van der Waals surface area contributed by atoms with E-state index in [9.17, 15) is 14.9 Å². The number of anilines is 2. The van der Waals surface area contributed by atoms with E-state index in [-0.39, 0.29) is 22.5 Å². The molecule has 1 aromatic heterocycles. The van der Waals surface area contributed by atoms with Crippen molar-refractivity contribution in [2.45, 2.75) is 69.9 Å². The van der Waals surface area contributed by atoms with Crippen LogP contribution in [-0.2, 0) is 22.4 Å². The van der Waals surface area contributed by atoms with Crippen LogP contribution in [0.15, 0.2) is 29.2 Å². The summed E-state index contributed by atoms with van der Waals surface area (Å²) < 4.78 is 0. The van der Waals surface area contributed by atoms with Crippen LogP contribution in [0.2, 0.25) is 0 Å². The van der Waals surface area contributed by atoms with Crippen LogP contribution in [0.25, 0.3) is 0 Å². The Morgan fingerprint density at radius 2 is 1.97 bits per heavy atom. The van der Waals surface area contributed by atoms with Gasteiger partial charge in [0.05, 0.1) is 10.8 Å². The normalized spacial score (nSPS) is 14.3. The quantitative estimate of drug-likeness (QED) is 0.524. The van der Waals surface area contributed by atoms with Gasteiger partial charge in [0.15, 0.2) is 0 Å². The summed E-state index contributed by atoms with van der Waals surface area (Å²) >= 11 is 2.97. The number of rotatable bonds is 6. The molecule has 1 aliphatic rings. The van der Waals surface area contributed by atoms with Crippen molar-refractivity contribution in [3.8, 4) is 6.07 Å². The Labute approximate surface area is 192 Å². The van der Waals surface area contributed by atoms with E-state index in [0.29, 0.717) is 17.0 Å². The highest BCUT2D eigenvalue weighted by Gasteiger charge is 2.24. The fourth-order valence-electron chi connectivity index (χ4n) is 3.58. The van der Waals surface area contributed by atoms with Gasteiger partial charge in [0, 0.05) is 21.9 Å². The van der Waals surface area contributed by atoms with E-state index in [1.165, 1.54) is 16.6 Å². The number of benzene rings is 1. The second-order valence-corrected chi connectivity index (χ2v) is 11.6. The topological polar surface area (TPSA) is 82.0 Å². The number of hydrogen-bond donors (Lipinski definition) is 2. The lowest BCUT2D eigenvalue weighted by molar-refractivity contribution is -0.118. The number of carbonyl (C=O) groups is 2. The first kappa shape index (κ1) is 23.4. The standard InChI is InChI=1S/C24H29N3O2S2/c1-15(22(29)27-23-19(14-25)18-10-5-6-11-20(18)31-23)30-17-9-7-8-16(12-17)26-21(28)13-24(2,3)4/h7-9,12,15H,5-6,10-11,13H2,1-4H3,(H,26,28)(H,27,29). The average Bonchev–Trinajstić information content (AvgIpc) is 3.03. The first-order valence-electron chi connectivity index (χ1n) is 10.6. The molecule has 1 aliphatic carbocycles. The van der Waals surface area contributed by atoms with Gasteiger partial charge in [-0.2, -0.15) is 5.26 Å². The maximum absolute atomic E-state index is 12.8. The average molecular weight is 456 g/mol. The smallest absolute Gasteiger partial charge is 0.238 e. The summed E-state index contributed by atoms with van der Waals surface area (Å²) in [5, 5.41) is 15.8. The van der Waals surface area contributed by atoms with Crippen molar-refractivity contribution >= 4 is 45.6 Å². The number of aryl methyl sites for hydroxylation is 1. The van der Waals surface area contributed by atoms with Crippen molar-refractivity contribution in [3.05, 3.63) is 40.3 Å². The fourth-order valence-corrected chi connectivity index (χ4v) is 5.75. The van der Waals surface area contributed by atoms with Crippen LogP contribution in [0.5, 0.6) is 0 Å². The van der Waals surface area contributed by atoms with Crippen molar-refractivity contribution in [2.75, 3.05) is 10.6 Å². The molecule has 2 N–H and O–H groups in total. The molecule has 0 bridgehead atoms. The SMILES string of the molecule is CC(Sc1cccc(NC(=O)CC(C)(C)C)c1)C(=O)Nc1sc2c(c1C#N)CCCC2. The number of carbonyl (C=O) groups excluding carboxylic acids is 2. The zero-order valence-electron chi connectivity index (χ0n) is 18.5. The summed E-state index contributed by atoms with van der Waals surface area (Å²) in [6, 6.07) is 9.83. The molecule has 2 amide bonds. The van der Waals surface area contributed by atoms with Crippen molar-refractivity contribution in [1.29, 1.82) is 5.26 Å². The van der Waals surface area contributed by atoms with E-state index < -0.39 is 0 Å². The second kappa shape index (κ2) is 9.88. The van der Waals surface area contributed by atoms with Gasteiger partial charge in [-0.15, -0.1) is 23.1 Å². The molecule has 1 unspecified atom stereocenters. The second-order valence-electron chi connectivity index (χ2n) is 9.09. The maximum Gasteiger partial charge on any atom is 0.238 e. The van der Waals surface area contributed by atoms with Gasteiger partial charge in [0.1, 0.15) is 11.1 Å². The summed E-state index contributed by atoms with van der Waals surface area (Å²) in [6.07, 6.45) is 4.59. The highest BCUT2D eigenvalue weighted by molar-refractivity contribution is 8.00. The fraction of sp³-hybridized carbons (Fsp3) is 0.458. The molecule has 164 valence electrons. The van der Waals surface area contributed by atoms with Gasteiger partial charge in [0.25, 0.3) is 0 Å². The summed E-state index contributed by atoms with van der Waals surface area (Å²) in [5.74, 6) is -0.145. The molecule has 0 aliphatic heterocycles. The molecule has 3 rings (SSSR count). The Morgan fingerprint density at radius 1 is 1.23 bits per heavy atom. The van der Waals surface area contributed by atoms with Gasteiger partial charge < -0.3 is 10.6 Å². The van der Waals surface area contributed by atoms with Gasteiger partial charge in [-0.3, -0.25) is 9.59 Å². The third-order valence-corrected chi connectivity index (χ3v) is 7.31. The maximum atomic E-state index is 12.8. The van der Waals surface area contributed by atoms with Gasteiger partial charge in [0.2, 0.25) is 11.8 Å². The largest absolute Gasteiger partial charge is 0.326 e. The Bertz CT molecular complexity index is 1010. The zero-order chi connectivity index (χ0) is 22.6. The van der Waals surface area contributed by atoms with Crippen LogP contribution >= 0.6 is 23.1 Å². The molecular formula is C24H29N3O2S2. The van der Waals surface area contributed by atoms with E-state index in [4.69, 9.17) is 0 Å². The molecule has 31 heavy (non-hydrogen) atoms. The summed E-state index contributed by atoms with van der Waals surface area (Å²) in [4.78, 5) is 27.2. The number of hydrogen-bond acceptors (Lipinski definition) is 5. The minimum atomic E-state index is -0.341. The first-order valence-corrected chi connectivity index (χ1v) is 12.3. The first-order chi connectivity index (χ1) is 14.7. The molecule has 1 aromatic carbocycles. The van der Waals surface area contributed by atoms with Crippen molar-refractivity contribution in [2.24, 2.45) is 5.41 Å². The lowest BCUT2D eigenvalue weighted by atomic mass is 9.92. The zero-order valence-corrected chi connectivity index (χ0v) is 20.1. The predicted molar refractivity (Wildman–Crippen MR) is 129 cm³/mol. The van der Waals surface area contributed by atoms with E-state index in [1.54, 1.807) is 11.3 Å². The highest BCUT2D eigenvalue weighted by atomic mass is 32.2. The molecule has 0 saturated heterocycles. The number of fused-ring (bicyclic) bond motifs is 1. The molecule has 1 heterocycles. The molecule has 1 atom stereocenters. The lowest BCUT2D eigenvalue weighted by Crippen LogP contribution is -2.22. The molecular weight excluding hydrogens is 426 g/mol. The molecule has 0 saturated carbocycles. The van der Waals surface area contributed by atoms with Crippen LogP contribution in [0.4, 0.5) is 10.7 Å². The van der Waals surface area contributed by atoms with Crippen LogP contribution in [0.1, 0.15) is 63.0 Å². The Balaban J connectivity index is 1.63. The molecule has 5 nitrogen and oxygen atoms in total. The van der Waals surface area contributed by atoms with E-state index in [0.717, 1.165) is 41.8 Å². The predicted octanol–water partition coefficient (Wildman–Crippen LogP) is 5.99. The third kappa shape index (κ3) is 6.34. The van der Waals surface area contributed by atoms with Crippen LogP contribution in [-0.4, -0.2) is 17.1 Å². The Kier molecular flexibility index (Phi) is 7.45. The minimum absolute atomic E-state index is 0.0221. The van der Waals surface area contributed by atoms with Gasteiger partial charge in [-0.05, 0) is 61.8 Å². The number of nitrogens with zero attached hydrogens (tertiary/aromatic N) is 1. The number of thioether (sulfide) groups is 1. The number of nitrogens with one attached hydrogen (secondary N) is 2. The van der Waals surface area contributed by atoms with Crippen LogP contribution in [0, 0.1) is 16.7 Å². The van der Waals surface area contributed by atoms with Crippen molar-refractivity contribution < 1.29 is 9.59 Å². The Hall–Kier alpha value is -2.30. The van der Waals surface area contributed by atoms with Gasteiger partial charge in [-0.25, -0.2) is 0 Å². The van der Waals surface area contributed by atoms with Crippen LogP contribution in [0.3, 0.4) is 0 Å². The van der Waals surface area contributed by atoms with E-state index >= 15 is 0 Å². The molecule has 7 heteroatoms. The third-order valence-electron chi connectivity index (χ3n) is 5.01. The summed E-state index contributed by atoms with van der Waals surface area (Å²) in [5.41, 5.74) is 2.40. The molecule has 2 aromatic rings. The number of nitriles is 1. The van der Waals surface area contributed by atoms with Gasteiger partial charge in [-0.1, -0.05) is 26.8 Å². The molecule has 0 radical (unpaired) electrons. The lowest BCUT2D eigenvalue weighted by Gasteiger charge is -2.17. The number of thiophene rings is 1. The van der Waals surface area contributed by atoms with Crippen molar-refractivity contribution in [3.63, 3.8) is 0 Å². The van der Waals surface area contributed by atoms with E-state index in [1.807, 2.05) is 52.0 Å². The monoisotopic (exact) mass is 455 g/mol. The number of amides is 2. The minimum Gasteiger partial charge on any atom is -0.326 e. The Morgan fingerprint density at radius 3 is 2.68 bits per heavy atom. The summed E-state index contributed by atoms with van der Waals surface area (Å²) in [6.45, 7) is 7.94. The van der Waals surface area contributed by atoms with Crippen molar-refractivity contribution in [1.82, 2.24) is 0 Å². The van der Waals surface area contributed by atoms with Crippen LogP contribution < -0.4 is 10.6 Å². The van der Waals surface area contributed by atoms with Gasteiger partial charge >= 0.3 is 0 Å².